The summed E-state index contributed by atoms with van der Waals surface area (Å²) < 4.78 is 11.1. The van der Waals surface area contributed by atoms with Crippen molar-refractivity contribution in [3.63, 3.8) is 0 Å². The minimum absolute atomic E-state index is 0.0266. The molecule has 1 N–H and O–H groups in total. The van der Waals surface area contributed by atoms with Crippen LogP contribution in [-0.2, 0) is 11.2 Å². The van der Waals surface area contributed by atoms with Gasteiger partial charge in [-0.2, -0.15) is 10.2 Å². The van der Waals surface area contributed by atoms with Crippen molar-refractivity contribution in [1.82, 2.24) is 15.4 Å². The number of aliphatic carboxylic acids is 1. The number of nitrogens with zero attached hydrogens (tertiary/aromatic N) is 3. The van der Waals surface area contributed by atoms with Crippen LogP contribution in [0.25, 0.3) is 11.0 Å². The van der Waals surface area contributed by atoms with E-state index >= 15 is 0 Å². The van der Waals surface area contributed by atoms with Gasteiger partial charge < -0.3 is 14.4 Å². The number of fused-ring (bicyclic) bond motifs is 1. The van der Waals surface area contributed by atoms with E-state index in [1.807, 2.05) is 13.0 Å². The molecule has 1 atom stereocenters. The van der Waals surface area contributed by atoms with E-state index < -0.39 is 5.97 Å². The molecule has 0 aliphatic rings. The number of carboxylic acids is 1. The third-order valence-corrected chi connectivity index (χ3v) is 3.78. The fraction of sp³-hybridized carbons (Fsp3) is 0.250. The minimum atomic E-state index is -0.894. The number of halogens is 1. The Balaban J connectivity index is 1.85. The first-order valence-corrected chi connectivity index (χ1v) is 7.66. The summed E-state index contributed by atoms with van der Waals surface area (Å²) in [6.07, 6.45) is 1.49. The average Bonchev–Trinajstić information content (AvgIpc) is 2.96. The molecule has 0 amide bonds. The molecule has 0 saturated heterocycles. The van der Waals surface area contributed by atoms with Crippen LogP contribution in [0.2, 0.25) is 5.02 Å². The van der Waals surface area contributed by atoms with E-state index in [0.717, 1.165) is 0 Å². The van der Waals surface area contributed by atoms with Gasteiger partial charge in [-0.25, -0.2) is 0 Å². The first-order valence-electron chi connectivity index (χ1n) is 7.28. The Morgan fingerprint density at radius 3 is 3.00 bits per heavy atom. The lowest BCUT2D eigenvalue weighted by Gasteiger charge is -2.14. The van der Waals surface area contributed by atoms with Gasteiger partial charge in [-0.1, -0.05) is 16.8 Å². The van der Waals surface area contributed by atoms with Crippen LogP contribution in [0.4, 0.5) is 0 Å². The van der Waals surface area contributed by atoms with Crippen LogP contribution >= 0.6 is 11.6 Å². The van der Waals surface area contributed by atoms with E-state index in [-0.39, 0.29) is 18.9 Å². The zero-order valence-corrected chi connectivity index (χ0v) is 13.5. The number of benzene rings is 1. The number of carboxylic acid groups (broad SMARTS) is 1. The highest BCUT2D eigenvalue weighted by atomic mass is 35.5. The molecule has 1 aromatic carbocycles. The zero-order valence-electron chi connectivity index (χ0n) is 12.8. The zero-order chi connectivity index (χ0) is 17.1. The maximum absolute atomic E-state index is 10.7. The Labute approximate surface area is 142 Å². The molecule has 124 valence electrons. The summed E-state index contributed by atoms with van der Waals surface area (Å²) in [6.45, 7) is 1.84. The Morgan fingerprint density at radius 1 is 1.46 bits per heavy atom. The number of carbonyl (C=O) groups is 1. The van der Waals surface area contributed by atoms with Gasteiger partial charge in [0.1, 0.15) is 17.5 Å². The van der Waals surface area contributed by atoms with Gasteiger partial charge in [0, 0.05) is 24.1 Å². The van der Waals surface area contributed by atoms with Crippen LogP contribution in [0.5, 0.6) is 5.75 Å². The quantitative estimate of drug-likeness (QED) is 0.729. The summed E-state index contributed by atoms with van der Waals surface area (Å²) in [5.41, 5.74) is 1.72. The number of hydrogen-bond acceptors (Lipinski definition) is 6. The van der Waals surface area contributed by atoms with Gasteiger partial charge in [0.25, 0.3) is 0 Å². The van der Waals surface area contributed by atoms with E-state index in [4.69, 9.17) is 26.0 Å². The van der Waals surface area contributed by atoms with Crippen molar-refractivity contribution < 1.29 is 19.2 Å². The van der Waals surface area contributed by atoms with Crippen molar-refractivity contribution in [2.45, 2.75) is 25.9 Å². The molecule has 0 bridgehead atoms. The molecule has 24 heavy (non-hydrogen) atoms. The minimum Gasteiger partial charge on any atom is -0.483 e. The molecule has 8 heteroatoms. The van der Waals surface area contributed by atoms with Crippen LogP contribution in [0.3, 0.4) is 0 Å². The lowest BCUT2D eigenvalue weighted by Crippen LogP contribution is -2.06. The maximum Gasteiger partial charge on any atom is 0.303 e. The molecular formula is C16H14ClN3O4. The van der Waals surface area contributed by atoms with Crippen LogP contribution in [0, 0.1) is 0 Å². The maximum atomic E-state index is 10.7. The summed E-state index contributed by atoms with van der Waals surface area (Å²) >= 11 is 6.28. The number of rotatable bonds is 6. The highest BCUT2D eigenvalue weighted by Crippen LogP contribution is 2.34. The van der Waals surface area contributed by atoms with Crippen LogP contribution in [0.1, 0.15) is 30.8 Å². The summed E-state index contributed by atoms with van der Waals surface area (Å²) in [7, 11) is 0. The molecular weight excluding hydrogens is 334 g/mol. The molecule has 3 aromatic rings. The Kier molecular flexibility index (Phi) is 4.61. The fourth-order valence-corrected chi connectivity index (χ4v) is 2.47. The van der Waals surface area contributed by atoms with Gasteiger partial charge in [-0.05, 0) is 25.1 Å². The second kappa shape index (κ2) is 6.84. The molecule has 0 aliphatic heterocycles. The highest BCUT2D eigenvalue weighted by Gasteiger charge is 2.16. The van der Waals surface area contributed by atoms with Crippen molar-refractivity contribution in [1.29, 1.82) is 0 Å². The van der Waals surface area contributed by atoms with Crippen molar-refractivity contribution in [3.8, 4) is 5.75 Å². The molecule has 0 fully saturated rings. The summed E-state index contributed by atoms with van der Waals surface area (Å²) in [6, 6.07) is 6.89. The van der Waals surface area contributed by atoms with Gasteiger partial charge in [0.2, 0.25) is 0 Å². The van der Waals surface area contributed by atoms with Crippen LogP contribution in [0.15, 0.2) is 35.0 Å². The SMILES string of the molecule is C[C@@H](Oc1cc2onc(CCC(=O)O)c2cc1Cl)c1cccnn1. The van der Waals surface area contributed by atoms with Gasteiger partial charge in [-0.15, -0.1) is 0 Å². The number of aryl methyl sites for hydroxylation is 1. The van der Waals surface area contributed by atoms with Crippen molar-refractivity contribution in [2.75, 3.05) is 0 Å². The smallest absolute Gasteiger partial charge is 0.303 e. The Hall–Kier alpha value is -2.67. The first kappa shape index (κ1) is 16.2. The van der Waals surface area contributed by atoms with E-state index in [1.54, 1.807) is 24.4 Å². The summed E-state index contributed by atoms with van der Waals surface area (Å²) in [4.78, 5) is 10.7. The Bertz CT molecular complexity index is 866. The molecule has 0 aliphatic carbocycles. The van der Waals surface area contributed by atoms with E-state index in [0.29, 0.717) is 33.1 Å². The van der Waals surface area contributed by atoms with E-state index in [1.165, 1.54) is 0 Å². The number of ether oxygens (including phenoxy) is 1. The van der Waals surface area contributed by atoms with Gasteiger partial charge in [0.15, 0.2) is 5.58 Å². The molecule has 7 nitrogen and oxygen atoms in total. The predicted molar refractivity (Wildman–Crippen MR) is 86.1 cm³/mol. The van der Waals surface area contributed by atoms with Crippen molar-refractivity contribution >= 4 is 28.5 Å². The monoisotopic (exact) mass is 347 g/mol. The normalized spacial score (nSPS) is 12.2. The standard InChI is InChI=1S/C16H14ClN3O4/c1-9(12-3-2-6-18-19-12)23-15-8-14-10(7-11(15)17)13(20-24-14)4-5-16(21)22/h2-3,6-9H,4-5H2,1H3,(H,21,22)/t9-/m1/s1. The molecule has 2 heterocycles. The van der Waals surface area contributed by atoms with Gasteiger partial charge in [-0.3, -0.25) is 4.79 Å². The van der Waals surface area contributed by atoms with E-state index in [9.17, 15) is 4.79 Å². The highest BCUT2D eigenvalue weighted by molar-refractivity contribution is 6.32. The predicted octanol–water partition coefficient (Wildman–Crippen LogP) is 3.43. The molecule has 3 rings (SSSR count). The number of hydrogen-bond donors (Lipinski definition) is 1. The first-order chi connectivity index (χ1) is 11.5. The molecule has 0 unspecified atom stereocenters. The number of aromatic nitrogens is 3. The third kappa shape index (κ3) is 3.46. The fourth-order valence-electron chi connectivity index (χ4n) is 2.27. The second-order valence-corrected chi connectivity index (χ2v) is 5.62. The van der Waals surface area contributed by atoms with Crippen LogP contribution in [-0.4, -0.2) is 26.4 Å². The van der Waals surface area contributed by atoms with Crippen LogP contribution < -0.4 is 4.74 Å². The average molecular weight is 348 g/mol. The molecule has 2 aromatic heterocycles. The van der Waals surface area contributed by atoms with Crippen molar-refractivity contribution in [2.24, 2.45) is 0 Å². The van der Waals surface area contributed by atoms with Gasteiger partial charge in [0.05, 0.1) is 17.1 Å². The second-order valence-electron chi connectivity index (χ2n) is 5.21. The van der Waals surface area contributed by atoms with E-state index in [2.05, 4.69) is 15.4 Å². The lowest BCUT2D eigenvalue weighted by molar-refractivity contribution is -0.136. The van der Waals surface area contributed by atoms with Crippen molar-refractivity contribution in [3.05, 3.63) is 46.9 Å². The topological polar surface area (TPSA) is 98.3 Å². The largest absolute Gasteiger partial charge is 0.483 e. The third-order valence-electron chi connectivity index (χ3n) is 3.49. The lowest BCUT2D eigenvalue weighted by atomic mass is 10.1. The summed E-state index contributed by atoms with van der Waals surface area (Å²) in [5, 5.41) is 21.6. The molecule has 0 radical (unpaired) electrons. The molecule has 0 spiro atoms. The Morgan fingerprint density at radius 2 is 2.29 bits per heavy atom. The molecule has 0 saturated carbocycles. The van der Waals surface area contributed by atoms with Gasteiger partial charge >= 0.3 is 5.97 Å². The summed E-state index contributed by atoms with van der Waals surface area (Å²) in [5.74, 6) is -0.460.